The second-order valence-corrected chi connectivity index (χ2v) is 4.74. The van der Waals surface area contributed by atoms with E-state index < -0.39 is 0 Å². The molecule has 2 aromatic rings. The van der Waals surface area contributed by atoms with Crippen LogP contribution in [0.2, 0.25) is 5.02 Å². The number of rotatable bonds is 2. The van der Waals surface area contributed by atoms with Crippen LogP contribution >= 0.6 is 11.6 Å². The van der Waals surface area contributed by atoms with Crippen LogP contribution in [0.4, 0.5) is 21.5 Å². The Balaban J connectivity index is 1.96. The number of nitrogens with two attached hydrogens (primary N) is 1. The van der Waals surface area contributed by atoms with Gasteiger partial charge in [-0.1, -0.05) is 11.6 Å². The normalized spacial score (nSPS) is 13.1. The van der Waals surface area contributed by atoms with Crippen LogP contribution in [0.25, 0.3) is 0 Å². The smallest absolute Gasteiger partial charge is 0.163 e. The summed E-state index contributed by atoms with van der Waals surface area (Å²) in [7, 11) is 0. The van der Waals surface area contributed by atoms with Crippen molar-refractivity contribution in [2.75, 3.05) is 24.3 Å². The van der Waals surface area contributed by atoms with E-state index in [1.165, 1.54) is 18.2 Å². The minimum absolute atomic E-state index is 0.381. The van der Waals surface area contributed by atoms with E-state index >= 15 is 0 Å². The highest BCUT2D eigenvalue weighted by molar-refractivity contribution is 6.33. The first-order chi connectivity index (χ1) is 9.63. The maximum Gasteiger partial charge on any atom is 0.163 e. The highest BCUT2D eigenvalue weighted by Gasteiger charge is 2.15. The van der Waals surface area contributed by atoms with E-state index in [-0.39, 0.29) is 5.82 Å². The molecule has 0 radical (unpaired) electrons. The lowest BCUT2D eigenvalue weighted by Crippen LogP contribution is -2.15. The molecular formula is C14H12ClFN2O2. The summed E-state index contributed by atoms with van der Waals surface area (Å²) in [5.41, 5.74) is 7.44. The van der Waals surface area contributed by atoms with Crippen molar-refractivity contribution in [3.63, 3.8) is 0 Å². The summed E-state index contributed by atoms with van der Waals surface area (Å²) in [6, 6.07) is 7.46. The number of ether oxygens (including phenoxy) is 2. The van der Waals surface area contributed by atoms with Gasteiger partial charge in [-0.3, -0.25) is 0 Å². The Morgan fingerprint density at radius 1 is 1.05 bits per heavy atom. The van der Waals surface area contributed by atoms with Crippen molar-refractivity contribution in [1.82, 2.24) is 0 Å². The summed E-state index contributed by atoms with van der Waals surface area (Å²) < 4.78 is 24.2. The van der Waals surface area contributed by atoms with Crippen molar-refractivity contribution in [3.8, 4) is 11.5 Å². The summed E-state index contributed by atoms with van der Waals surface area (Å²) in [6.45, 7) is 0.978. The lowest BCUT2D eigenvalue weighted by atomic mass is 10.2. The second kappa shape index (κ2) is 5.09. The number of halogens is 2. The van der Waals surface area contributed by atoms with E-state index in [2.05, 4.69) is 5.32 Å². The first-order valence-electron chi connectivity index (χ1n) is 6.04. The van der Waals surface area contributed by atoms with Gasteiger partial charge in [0.25, 0.3) is 0 Å². The average molecular weight is 295 g/mol. The molecule has 6 heteroatoms. The van der Waals surface area contributed by atoms with Gasteiger partial charge in [0.1, 0.15) is 19.0 Å². The highest BCUT2D eigenvalue weighted by atomic mass is 35.5. The van der Waals surface area contributed by atoms with Gasteiger partial charge in [-0.05, 0) is 18.2 Å². The quantitative estimate of drug-likeness (QED) is 0.831. The summed E-state index contributed by atoms with van der Waals surface area (Å²) in [5.74, 6) is 0.818. The molecule has 20 heavy (non-hydrogen) atoms. The topological polar surface area (TPSA) is 56.5 Å². The molecule has 0 spiro atoms. The lowest BCUT2D eigenvalue weighted by molar-refractivity contribution is 0.172. The monoisotopic (exact) mass is 294 g/mol. The standard InChI is InChI=1S/C14H12ClFN2O2/c15-9-2-1-8(16)5-11(9)18-12-7-14-13(6-10(12)17)19-3-4-20-14/h1-2,5-7,18H,3-4,17H2. The van der Waals surface area contributed by atoms with E-state index in [0.717, 1.165) is 0 Å². The molecule has 104 valence electrons. The average Bonchev–Trinajstić information content (AvgIpc) is 2.43. The van der Waals surface area contributed by atoms with Gasteiger partial charge in [0.05, 0.1) is 22.1 Å². The van der Waals surface area contributed by atoms with Crippen molar-refractivity contribution in [3.05, 3.63) is 41.2 Å². The first kappa shape index (κ1) is 12.9. The molecule has 0 atom stereocenters. The fourth-order valence-electron chi connectivity index (χ4n) is 1.95. The van der Waals surface area contributed by atoms with E-state index in [0.29, 0.717) is 46.8 Å². The van der Waals surface area contributed by atoms with Crippen molar-refractivity contribution in [2.24, 2.45) is 0 Å². The molecule has 2 aromatic carbocycles. The van der Waals surface area contributed by atoms with Crippen LogP contribution in [0.15, 0.2) is 30.3 Å². The fraction of sp³-hybridized carbons (Fsp3) is 0.143. The number of nitrogen functional groups attached to an aromatic ring is 1. The molecule has 0 unspecified atom stereocenters. The van der Waals surface area contributed by atoms with Gasteiger partial charge in [-0.15, -0.1) is 0 Å². The maximum absolute atomic E-state index is 13.2. The molecule has 1 aliphatic rings. The molecule has 1 aliphatic heterocycles. The predicted octanol–water partition coefficient (Wildman–Crippen LogP) is 3.58. The summed E-state index contributed by atoms with van der Waals surface area (Å²) in [5, 5.41) is 3.40. The fourth-order valence-corrected chi connectivity index (χ4v) is 2.12. The van der Waals surface area contributed by atoms with Gasteiger partial charge in [0, 0.05) is 12.1 Å². The van der Waals surface area contributed by atoms with Crippen molar-refractivity contribution in [1.29, 1.82) is 0 Å². The van der Waals surface area contributed by atoms with Crippen LogP contribution in [0.5, 0.6) is 11.5 Å². The van der Waals surface area contributed by atoms with Gasteiger partial charge in [0.2, 0.25) is 0 Å². The predicted molar refractivity (Wildman–Crippen MR) is 76.5 cm³/mol. The molecule has 3 rings (SSSR count). The van der Waals surface area contributed by atoms with Gasteiger partial charge >= 0.3 is 0 Å². The molecule has 0 aromatic heterocycles. The third-order valence-corrected chi connectivity index (χ3v) is 3.24. The Bertz CT molecular complexity index is 664. The molecule has 4 nitrogen and oxygen atoms in total. The Hall–Kier alpha value is -2.14. The molecule has 0 fully saturated rings. The minimum Gasteiger partial charge on any atom is -0.486 e. The number of hydrogen-bond acceptors (Lipinski definition) is 4. The molecule has 0 saturated carbocycles. The van der Waals surface area contributed by atoms with Gasteiger partial charge in [0.15, 0.2) is 11.5 Å². The molecule has 0 saturated heterocycles. The van der Waals surface area contributed by atoms with E-state index in [1.54, 1.807) is 12.1 Å². The first-order valence-corrected chi connectivity index (χ1v) is 6.42. The number of fused-ring (bicyclic) bond motifs is 1. The lowest BCUT2D eigenvalue weighted by Gasteiger charge is -2.20. The molecule has 0 aliphatic carbocycles. The third kappa shape index (κ3) is 2.44. The number of benzene rings is 2. The Morgan fingerprint density at radius 2 is 1.75 bits per heavy atom. The zero-order chi connectivity index (χ0) is 14.1. The summed E-state index contributed by atoms with van der Waals surface area (Å²) in [6.07, 6.45) is 0. The van der Waals surface area contributed by atoms with Gasteiger partial charge in [-0.2, -0.15) is 0 Å². The van der Waals surface area contributed by atoms with Gasteiger partial charge in [-0.25, -0.2) is 4.39 Å². The van der Waals surface area contributed by atoms with E-state index in [9.17, 15) is 4.39 Å². The van der Waals surface area contributed by atoms with Crippen LogP contribution in [0, 0.1) is 5.82 Å². The molecule has 0 bridgehead atoms. The van der Waals surface area contributed by atoms with Crippen LogP contribution < -0.4 is 20.5 Å². The molecule has 3 N–H and O–H groups in total. The van der Waals surface area contributed by atoms with E-state index in [4.69, 9.17) is 26.8 Å². The van der Waals surface area contributed by atoms with Crippen LogP contribution in [-0.4, -0.2) is 13.2 Å². The second-order valence-electron chi connectivity index (χ2n) is 4.33. The van der Waals surface area contributed by atoms with Crippen LogP contribution in [0.3, 0.4) is 0 Å². The number of hydrogen-bond donors (Lipinski definition) is 2. The zero-order valence-electron chi connectivity index (χ0n) is 10.5. The van der Waals surface area contributed by atoms with Crippen molar-refractivity contribution < 1.29 is 13.9 Å². The van der Waals surface area contributed by atoms with Crippen LogP contribution in [0.1, 0.15) is 0 Å². The van der Waals surface area contributed by atoms with Crippen LogP contribution in [-0.2, 0) is 0 Å². The largest absolute Gasteiger partial charge is 0.486 e. The highest BCUT2D eigenvalue weighted by Crippen LogP contribution is 2.39. The maximum atomic E-state index is 13.2. The zero-order valence-corrected chi connectivity index (χ0v) is 11.2. The van der Waals surface area contributed by atoms with Gasteiger partial charge < -0.3 is 20.5 Å². The summed E-state index contributed by atoms with van der Waals surface area (Å²) in [4.78, 5) is 0. The SMILES string of the molecule is Nc1cc2c(cc1Nc1cc(F)ccc1Cl)OCCO2. The number of nitrogens with one attached hydrogen (secondary N) is 1. The molecular weight excluding hydrogens is 283 g/mol. The number of anilines is 3. The Labute approximate surface area is 120 Å². The molecule has 1 heterocycles. The Kier molecular flexibility index (Phi) is 3.28. The Morgan fingerprint density at radius 3 is 2.50 bits per heavy atom. The van der Waals surface area contributed by atoms with E-state index in [1.807, 2.05) is 0 Å². The molecule has 0 amide bonds. The van der Waals surface area contributed by atoms with Crippen molar-refractivity contribution in [2.45, 2.75) is 0 Å². The third-order valence-electron chi connectivity index (χ3n) is 2.91. The summed E-state index contributed by atoms with van der Waals surface area (Å²) >= 11 is 6.02. The minimum atomic E-state index is -0.381. The van der Waals surface area contributed by atoms with Crippen molar-refractivity contribution >= 4 is 28.7 Å².